The van der Waals surface area contributed by atoms with Gasteiger partial charge in [-0.2, -0.15) is 0 Å². The number of hydrogen-bond donors (Lipinski definition) is 1. The lowest BCUT2D eigenvalue weighted by Gasteiger charge is -2.14. The highest BCUT2D eigenvalue weighted by Gasteiger charge is 2.20. The smallest absolute Gasteiger partial charge is 0.213 e. The summed E-state index contributed by atoms with van der Waals surface area (Å²) < 4.78 is 7.65. The Bertz CT molecular complexity index is 958. The monoisotopic (exact) mass is 381 g/mol. The van der Waals surface area contributed by atoms with Gasteiger partial charge in [0.1, 0.15) is 5.65 Å². The fraction of sp³-hybridized carbons (Fsp3) is 0.478. The molecule has 3 aromatic rings. The van der Waals surface area contributed by atoms with Gasteiger partial charge in [-0.05, 0) is 49.4 Å². The first-order valence-corrected chi connectivity index (χ1v) is 10.3. The first-order valence-electron chi connectivity index (χ1n) is 10.3. The summed E-state index contributed by atoms with van der Waals surface area (Å²) in [6.45, 7) is 9.11. The number of hydrogen-bond acceptors (Lipinski definition) is 4. The second-order valence-corrected chi connectivity index (χ2v) is 7.13. The van der Waals surface area contributed by atoms with Gasteiger partial charge in [0, 0.05) is 42.8 Å². The summed E-state index contributed by atoms with van der Waals surface area (Å²) in [7, 11) is 2.02. The normalized spacial score (nSPS) is 12.5. The molecule has 3 rings (SSSR count). The minimum atomic E-state index is 0.138. The lowest BCUT2D eigenvalue weighted by molar-refractivity contribution is 0.263. The molecule has 0 bridgehead atoms. The van der Waals surface area contributed by atoms with Crippen molar-refractivity contribution in [3.63, 3.8) is 0 Å². The van der Waals surface area contributed by atoms with Gasteiger partial charge in [0.25, 0.3) is 0 Å². The zero-order valence-electron chi connectivity index (χ0n) is 17.6. The third kappa shape index (κ3) is 3.63. The molecule has 3 aromatic heterocycles. The van der Waals surface area contributed by atoms with Crippen LogP contribution in [-0.4, -0.2) is 32.9 Å². The summed E-state index contributed by atoms with van der Waals surface area (Å²) >= 11 is 0. The Hall–Kier alpha value is -2.40. The fourth-order valence-corrected chi connectivity index (χ4v) is 3.84. The van der Waals surface area contributed by atoms with Crippen LogP contribution in [0.25, 0.3) is 22.3 Å². The number of aromatic nitrogens is 3. The van der Waals surface area contributed by atoms with Crippen molar-refractivity contribution in [2.45, 2.75) is 52.9 Å². The fourth-order valence-electron chi connectivity index (χ4n) is 3.84. The molecule has 0 amide bonds. The zero-order valence-corrected chi connectivity index (χ0v) is 17.6. The van der Waals surface area contributed by atoms with Crippen molar-refractivity contribution in [3.8, 4) is 17.1 Å². The molecule has 3 heterocycles. The standard InChI is InChI=1S/C23H31N3O2/c1-6-15-12-18-19(16(7-2)14-27)13-26(5)23(18)25-22(15)17-10-11-21(28-9-4)24-20(17)8-3/h10-13,16,27H,6-9,14H2,1-5H3/t16-/m0/s1. The molecule has 0 aliphatic rings. The van der Waals surface area contributed by atoms with E-state index in [9.17, 15) is 5.11 Å². The van der Waals surface area contributed by atoms with Crippen molar-refractivity contribution >= 4 is 11.0 Å². The maximum absolute atomic E-state index is 9.80. The van der Waals surface area contributed by atoms with E-state index in [1.54, 1.807) is 0 Å². The summed E-state index contributed by atoms with van der Waals surface area (Å²) in [5, 5.41) is 10.9. The van der Waals surface area contributed by atoms with E-state index in [2.05, 4.69) is 43.7 Å². The lowest BCUT2D eigenvalue weighted by atomic mass is 9.95. The van der Waals surface area contributed by atoms with Crippen molar-refractivity contribution in [3.05, 3.63) is 41.2 Å². The molecule has 150 valence electrons. The van der Waals surface area contributed by atoms with E-state index >= 15 is 0 Å². The van der Waals surface area contributed by atoms with Crippen molar-refractivity contribution in [1.82, 2.24) is 14.5 Å². The molecule has 0 spiro atoms. The third-order valence-corrected chi connectivity index (χ3v) is 5.42. The molecule has 0 radical (unpaired) electrons. The summed E-state index contributed by atoms with van der Waals surface area (Å²) in [6, 6.07) is 6.26. The van der Waals surface area contributed by atoms with Crippen LogP contribution in [0, 0.1) is 0 Å². The van der Waals surface area contributed by atoms with Gasteiger partial charge in [0.2, 0.25) is 5.88 Å². The predicted molar refractivity (Wildman–Crippen MR) is 114 cm³/mol. The molecule has 0 aromatic carbocycles. The van der Waals surface area contributed by atoms with Gasteiger partial charge in [0.05, 0.1) is 18.0 Å². The van der Waals surface area contributed by atoms with Crippen LogP contribution in [0.3, 0.4) is 0 Å². The summed E-state index contributed by atoms with van der Waals surface area (Å²) in [4.78, 5) is 9.77. The van der Waals surface area contributed by atoms with E-state index in [1.807, 2.05) is 20.0 Å². The molecule has 1 N–H and O–H groups in total. The Morgan fingerprint density at radius 1 is 1.11 bits per heavy atom. The number of aliphatic hydroxyl groups excluding tert-OH is 1. The van der Waals surface area contributed by atoms with Crippen molar-refractivity contribution in [1.29, 1.82) is 0 Å². The molecule has 0 fully saturated rings. The molecule has 0 saturated carbocycles. The second-order valence-electron chi connectivity index (χ2n) is 7.13. The molecule has 0 unspecified atom stereocenters. The Labute approximate surface area is 167 Å². The Kier molecular flexibility index (Phi) is 6.35. The minimum Gasteiger partial charge on any atom is -0.478 e. The Balaban J connectivity index is 2.21. The highest BCUT2D eigenvalue weighted by atomic mass is 16.5. The van der Waals surface area contributed by atoms with E-state index in [0.717, 1.165) is 47.2 Å². The van der Waals surface area contributed by atoms with Crippen LogP contribution in [0.1, 0.15) is 56.9 Å². The van der Waals surface area contributed by atoms with Gasteiger partial charge in [-0.1, -0.05) is 20.8 Å². The van der Waals surface area contributed by atoms with Crippen molar-refractivity contribution in [2.24, 2.45) is 7.05 Å². The van der Waals surface area contributed by atoms with Crippen molar-refractivity contribution in [2.75, 3.05) is 13.2 Å². The lowest BCUT2D eigenvalue weighted by Crippen LogP contribution is -2.03. The van der Waals surface area contributed by atoms with E-state index in [0.29, 0.717) is 12.5 Å². The highest BCUT2D eigenvalue weighted by Crippen LogP contribution is 2.34. The van der Waals surface area contributed by atoms with Crippen molar-refractivity contribution < 1.29 is 9.84 Å². The Morgan fingerprint density at radius 3 is 2.50 bits per heavy atom. The van der Waals surface area contributed by atoms with Crippen LogP contribution in [-0.2, 0) is 19.9 Å². The topological polar surface area (TPSA) is 60.2 Å². The third-order valence-electron chi connectivity index (χ3n) is 5.42. The van der Waals surface area contributed by atoms with Crippen LogP contribution in [0.15, 0.2) is 24.4 Å². The summed E-state index contributed by atoms with van der Waals surface area (Å²) in [5.74, 6) is 0.802. The largest absolute Gasteiger partial charge is 0.478 e. The molecular formula is C23H31N3O2. The van der Waals surface area contributed by atoms with Crippen LogP contribution >= 0.6 is 0 Å². The number of ether oxygens (including phenoxy) is 1. The van der Waals surface area contributed by atoms with Gasteiger partial charge in [0.15, 0.2) is 0 Å². The number of nitrogens with zero attached hydrogens (tertiary/aromatic N) is 3. The van der Waals surface area contributed by atoms with Crippen LogP contribution in [0.2, 0.25) is 0 Å². The van der Waals surface area contributed by atoms with Gasteiger partial charge in [-0.3, -0.25) is 0 Å². The van der Waals surface area contributed by atoms with E-state index < -0.39 is 0 Å². The first kappa shape index (κ1) is 20.3. The van der Waals surface area contributed by atoms with Gasteiger partial charge < -0.3 is 14.4 Å². The van der Waals surface area contributed by atoms with Gasteiger partial charge >= 0.3 is 0 Å². The SMILES string of the molecule is CCOc1ccc(-c2nc3c(cc2CC)c([C@@H](CC)CO)cn3C)c(CC)n1. The molecule has 0 aliphatic carbocycles. The maximum Gasteiger partial charge on any atom is 0.213 e. The summed E-state index contributed by atoms with van der Waals surface area (Å²) in [6.07, 6.45) is 4.73. The molecular weight excluding hydrogens is 350 g/mol. The summed E-state index contributed by atoms with van der Waals surface area (Å²) in [5.41, 5.74) is 6.40. The second kappa shape index (κ2) is 8.74. The number of pyridine rings is 2. The number of rotatable bonds is 8. The van der Waals surface area contributed by atoms with E-state index in [1.165, 1.54) is 11.1 Å². The number of fused-ring (bicyclic) bond motifs is 1. The molecule has 1 atom stereocenters. The van der Waals surface area contributed by atoms with Crippen LogP contribution in [0.5, 0.6) is 5.88 Å². The van der Waals surface area contributed by atoms with Crippen LogP contribution in [0.4, 0.5) is 0 Å². The molecule has 0 saturated heterocycles. The molecule has 5 nitrogen and oxygen atoms in total. The maximum atomic E-state index is 9.80. The first-order chi connectivity index (χ1) is 13.6. The molecule has 5 heteroatoms. The van der Waals surface area contributed by atoms with Gasteiger partial charge in [-0.25, -0.2) is 9.97 Å². The highest BCUT2D eigenvalue weighted by molar-refractivity contribution is 5.85. The Morgan fingerprint density at radius 2 is 1.89 bits per heavy atom. The molecule has 28 heavy (non-hydrogen) atoms. The van der Waals surface area contributed by atoms with Gasteiger partial charge in [-0.15, -0.1) is 0 Å². The minimum absolute atomic E-state index is 0.138. The average molecular weight is 382 g/mol. The number of aliphatic hydroxyl groups is 1. The van der Waals surface area contributed by atoms with E-state index in [-0.39, 0.29) is 12.5 Å². The quantitative estimate of drug-likeness (QED) is 0.617. The predicted octanol–water partition coefficient (Wildman–Crippen LogP) is 4.64. The number of aryl methyl sites for hydroxylation is 3. The zero-order chi connectivity index (χ0) is 20.3. The average Bonchev–Trinajstić information content (AvgIpc) is 3.03. The van der Waals surface area contributed by atoms with Crippen LogP contribution < -0.4 is 4.74 Å². The van der Waals surface area contributed by atoms with E-state index in [4.69, 9.17) is 14.7 Å². The molecule has 0 aliphatic heterocycles.